The molecule has 0 saturated carbocycles. The Hall–Kier alpha value is -4.12. The van der Waals surface area contributed by atoms with Crippen molar-refractivity contribution in [1.82, 2.24) is 9.55 Å². The summed E-state index contributed by atoms with van der Waals surface area (Å²) in [5, 5.41) is 12.3. The minimum Gasteiger partial charge on any atom is -0.459 e. The second-order valence-electron chi connectivity index (χ2n) is 9.97. The van der Waals surface area contributed by atoms with Gasteiger partial charge in [0, 0.05) is 17.6 Å². The van der Waals surface area contributed by atoms with Gasteiger partial charge in [0.15, 0.2) is 0 Å². The average Bonchev–Trinajstić information content (AvgIpc) is 3.24. The fraction of sp³-hybridized carbons (Fsp3) is 0.357. The van der Waals surface area contributed by atoms with Gasteiger partial charge in [-0.3, -0.25) is 9.59 Å². The van der Waals surface area contributed by atoms with Crippen LogP contribution in [-0.2, 0) is 27.4 Å². The Balaban J connectivity index is 1.74. The Labute approximate surface area is 212 Å². The molecule has 0 aliphatic carbocycles. The number of aromatic nitrogens is 2. The smallest absolute Gasteiger partial charge is 0.326 e. The number of hydrogen-bond donors (Lipinski definition) is 1. The lowest BCUT2D eigenvalue weighted by molar-refractivity contribution is -0.155. The summed E-state index contributed by atoms with van der Waals surface area (Å²) in [4.78, 5) is 31.4. The predicted molar refractivity (Wildman–Crippen MR) is 139 cm³/mol. The van der Waals surface area contributed by atoms with E-state index in [9.17, 15) is 14.9 Å². The Morgan fingerprint density at radius 3 is 2.53 bits per heavy atom. The van der Waals surface area contributed by atoms with Crippen LogP contribution in [0.25, 0.3) is 0 Å². The first-order valence-electron chi connectivity index (χ1n) is 11.9. The molecule has 0 bridgehead atoms. The lowest BCUT2D eigenvalue weighted by atomic mass is 10.0. The van der Waals surface area contributed by atoms with E-state index in [0.29, 0.717) is 23.7 Å². The van der Waals surface area contributed by atoms with Gasteiger partial charge in [-0.1, -0.05) is 32.0 Å². The van der Waals surface area contributed by atoms with Crippen molar-refractivity contribution in [2.75, 3.05) is 16.8 Å². The van der Waals surface area contributed by atoms with Crippen molar-refractivity contribution in [3.05, 3.63) is 77.9 Å². The largest absolute Gasteiger partial charge is 0.459 e. The zero-order valence-corrected chi connectivity index (χ0v) is 21.5. The van der Waals surface area contributed by atoms with E-state index in [1.807, 2.05) is 56.0 Å². The van der Waals surface area contributed by atoms with Gasteiger partial charge in [-0.25, -0.2) is 4.98 Å². The van der Waals surface area contributed by atoms with Crippen molar-refractivity contribution in [3.8, 4) is 6.07 Å². The van der Waals surface area contributed by atoms with E-state index in [1.54, 1.807) is 35.3 Å². The lowest BCUT2D eigenvalue weighted by Gasteiger charge is -2.24. The Bertz CT molecular complexity index is 1230. The van der Waals surface area contributed by atoms with Gasteiger partial charge in [-0.15, -0.1) is 0 Å². The number of carbonyl (C=O) groups excluding carboxylic acids is 2. The third kappa shape index (κ3) is 7.98. The van der Waals surface area contributed by atoms with Crippen LogP contribution in [0.2, 0.25) is 0 Å². The molecule has 8 nitrogen and oxygen atoms in total. The third-order valence-corrected chi connectivity index (χ3v) is 5.31. The first-order chi connectivity index (χ1) is 17.0. The van der Waals surface area contributed by atoms with Gasteiger partial charge in [-0.05, 0) is 62.6 Å². The Morgan fingerprint density at radius 1 is 1.17 bits per heavy atom. The number of amides is 1. The minimum atomic E-state index is -0.564. The highest BCUT2D eigenvalue weighted by atomic mass is 16.6. The third-order valence-electron chi connectivity index (χ3n) is 5.31. The molecule has 3 aromatic rings. The molecule has 0 radical (unpaired) electrons. The van der Waals surface area contributed by atoms with Gasteiger partial charge in [0.1, 0.15) is 12.1 Å². The van der Waals surface area contributed by atoms with Crippen LogP contribution in [0.5, 0.6) is 0 Å². The summed E-state index contributed by atoms with van der Waals surface area (Å²) in [6, 6.07) is 17.0. The van der Waals surface area contributed by atoms with E-state index in [2.05, 4.69) is 30.2 Å². The van der Waals surface area contributed by atoms with Crippen LogP contribution in [0.1, 0.15) is 57.4 Å². The van der Waals surface area contributed by atoms with Crippen LogP contribution in [-0.4, -0.2) is 33.6 Å². The molecule has 0 fully saturated rings. The molecule has 1 amide bonds. The zero-order valence-electron chi connectivity index (χ0n) is 21.5. The van der Waals surface area contributed by atoms with Gasteiger partial charge >= 0.3 is 5.97 Å². The molecule has 0 atom stereocenters. The van der Waals surface area contributed by atoms with Crippen molar-refractivity contribution >= 4 is 23.3 Å². The van der Waals surface area contributed by atoms with Crippen LogP contribution in [0.4, 0.5) is 11.4 Å². The number of rotatable bonds is 9. The quantitative estimate of drug-likeness (QED) is 0.433. The number of anilines is 2. The highest BCUT2D eigenvalue weighted by molar-refractivity contribution is 5.94. The number of esters is 1. The molecule has 36 heavy (non-hydrogen) atoms. The second-order valence-corrected chi connectivity index (χ2v) is 9.97. The van der Waals surface area contributed by atoms with Crippen molar-refractivity contribution in [3.63, 3.8) is 0 Å². The number of nitrogens with zero attached hydrogens (tertiary/aromatic N) is 4. The molecule has 3 rings (SSSR count). The molecular formula is C28H33N5O3. The fourth-order valence-electron chi connectivity index (χ4n) is 3.63. The number of nitrogens with one attached hydrogen (secondary N) is 1. The van der Waals surface area contributed by atoms with Crippen LogP contribution >= 0.6 is 0 Å². The highest BCUT2D eigenvalue weighted by Crippen LogP contribution is 2.20. The molecule has 188 valence electrons. The summed E-state index contributed by atoms with van der Waals surface area (Å²) in [6.45, 7) is 10.1. The van der Waals surface area contributed by atoms with E-state index in [0.717, 1.165) is 11.4 Å². The molecule has 0 spiro atoms. The van der Waals surface area contributed by atoms with Gasteiger partial charge in [-0.2, -0.15) is 5.26 Å². The molecule has 1 N–H and O–H groups in total. The van der Waals surface area contributed by atoms with Crippen molar-refractivity contribution < 1.29 is 14.3 Å². The summed E-state index contributed by atoms with van der Waals surface area (Å²) >= 11 is 0. The number of carbonyl (C=O) groups is 2. The first kappa shape index (κ1) is 26.5. The van der Waals surface area contributed by atoms with Crippen molar-refractivity contribution in [2.24, 2.45) is 0 Å². The Kier molecular flexibility index (Phi) is 8.49. The van der Waals surface area contributed by atoms with Crippen LogP contribution in [0.3, 0.4) is 0 Å². The van der Waals surface area contributed by atoms with Crippen molar-refractivity contribution in [1.29, 1.82) is 5.26 Å². The normalized spacial score (nSPS) is 11.1. The van der Waals surface area contributed by atoms with Crippen molar-refractivity contribution in [2.45, 2.75) is 59.2 Å². The molecule has 2 aromatic carbocycles. The van der Waals surface area contributed by atoms with E-state index in [4.69, 9.17) is 4.74 Å². The van der Waals surface area contributed by atoms with Crippen LogP contribution in [0.15, 0.2) is 61.1 Å². The summed E-state index contributed by atoms with van der Waals surface area (Å²) < 4.78 is 7.03. The number of benzene rings is 2. The molecule has 0 saturated heterocycles. The van der Waals surface area contributed by atoms with E-state index in [-0.39, 0.29) is 25.0 Å². The fourth-order valence-corrected chi connectivity index (χ4v) is 3.63. The lowest BCUT2D eigenvalue weighted by Crippen LogP contribution is -2.33. The Morgan fingerprint density at radius 2 is 1.89 bits per heavy atom. The molecular weight excluding hydrogens is 454 g/mol. The molecule has 0 aliphatic rings. The number of nitriles is 1. The standard InChI is InChI=1S/C28H33N5O3/c1-20(2)22-9-11-23(12-10-22)31-26(34)17-33(25-8-6-7-21(13-25)14-29)16-24-15-32(19-30-24)18-27(35)36-28(3,4)5/h6-13,15,19-20H,16-18H2,1-5H3,(H,31,34). The van der Waals surface area contributed by atoms with Gasteiger partial charge in [0.05, 0.1) is 36.7 Å². The van der Waals surface area contributed by atoms with Gasteiger partial charge < -0.3 is 19.5 Å². The predicted octanol–water partition coefficient (Wildman–Crippen LogP) is 4.87. The second kappa shape index (κ2) is 11.5. The maximum Gasteiger partial charge on any atom is 0.326 e. The maximum absolute atomic E-state index is 12.9. The van der Waals surface area contributed by atoms with Crippen LogP contribution < -0.4 is 10.2 Å². The minimum absolute atomic E-state index is 0.0427. The summed E-state index contributed by atoms with van der Waals surface area (Å²) in [5.41, 5.74) is 3.25. The highest BCUT2D eigenvalue weighted by Gasteiger charge is 2.18. The van der Waals surface area contributed by atoms with E-state index >= 15 is 0 Å². The maximum atomic E-state index is 12.9. The molecule has 8 heteroatoms. The average molecular weight is 488 g/mol. The topological polar surface area (TPSA) is 100 Å². The van der Waals surface area contributed by atoms with Crippen LogP contribution in [0, 0.1) is 11.3 Å². The van der Waals surface area contributed by atoms with E-state index < -0.39 is 5.60 Å². The summed E-state index contributed by atoms with van der Waals surface area (Å²) in [6.07, 6.45) is 3.33. The zero-order chi connectivity index (χ0) is 26.3. The summed E-state index contributed by atoms with van der Waals surface area (Å²) in [5.74, 6) is -0.136. The number of hydrogen-bond acceptors (Lipinski definition) is 6. The molecule has 0 aliphatic heterocycles. The monoisotopic (exact) mass is 487 g/mol. The number of imidazole rings is 1. The number of ether oxygens (including phenoxy) is 1. The SMILES string of the molecule is CC(C)c1ccc(NC(=O)CN(Cc2cn(CC(=O)OC(C)(C)C)cn2)c2cccc(C#N)c2)cc1. The first-order valence-corrected chi connectivity index (χ1v) is 11.9. The summed E-state index contributed by atoms with van der Waals surface area (Å²) in [7, 11) is 0. The van der Waals surface area contributed by atoms with Gasteiger partial charge in [0.2, 0.25) is 5.91 Å². The molecule has 1 aromatic heterocycles. The molecule has 1 heterocycles. The molecule has 0 unspecified atom stereocenters. The van der Waals surface area contributed by atoms with E-state index in [1.165, 1.54) is 5.56 Å². The van der Waals surface area contributed by atoms with Gasteiger partial charge in [0.25, 0.3) is 0 Å².